The number of nitrogens with one attached hydrogen (secondary N) is 1. The summed E-state index contributed by atoms with van der Waals surface area (Å²) in [5.74, 6) is 2.07. The van der Waals surface area contributed by atoms with E-state index in [0.717, 1.165) is 30.8 Å². The molecule has 0 aliphatic rings. The summed E-state index contributed by atoms with van der Waals surface area (Å²) in [5.41, 5.74) is 0. The molecule has 2 atom stereocenters. The fraction of sp³-hybridized carbons (Fsp3) is 0.467. The van der Waals surface area contributed by atoms with Gasteiger partial charge in [-0.1, -0.05) is 6.92 Å². The number of hydrogen-bond donors (Lipinski definition) is 1. The van der Waals surface area contributed by atoms with E-state index < -0.39 is 0 Å². The van der Waals surface area contributed by atoms with Gasteiger partial charge in [0.25, 0.3) is 0 Å². The van der Waals surface area contributed by atoms with Crippen LogP contribution < -0.4 is 5.32 Å². The van der Waals surface area contributed by atoms with E-state index in [1.165, 1.54) is 0 Å². The van der Waals surface area contributed by atoms with Gasteiger partial charge in [-0.2, -0.15) is 0 Å². The van der Waals surface area contributed by atoms with E-state index in [-0.39, 0.29) is 0 Å². The third-order valence-electron chi connectivity index (χ3n) is 3.18. The molecule has 1 N–H and O–H groups in total. The van der Waals surface area contributed by atoms with Gasteiger partial charge in [0, 0.05) is 12.5 Å². The van der Waals surface area contributed by atoms with Gasteiger partial charge in [0.1, 0.15) is 11.5 Å². The number of furan rings is 2. The van der Waals surface area contributed by atoms with Gasteiger partial charge in [-0.15, -0.1) is 0 Å². The maximum Gasteiger partial charge on any atom is 0.120 e. The van der Waals surface area contributed by atoms with Gasteiger partial charge in [-0.3, -0.25) is 0 Å². The lowest BCUT2D eigenvalue weighted by atomic mass is 10.1. The summed E-state index contributed by atoms with van der Waals surface area (Å²) in [6.45, 7) is 4.37. The first-order valence-electron chi connectivity index (χ1n) is 6.61. The van der Waals surface area contributed by atoms with E-state index in [4.69, 9.17) is 8.83 Å². The van der Waals surface area contributed by atoms with Gasteiger partial charge < -0.3 is 14.2 Å². The van der Waals surface area contributed by atoms with Crippen molar-refractivity contribution in [2.24, 2.45) is 0 Å². The SMILES string of the molecule is CCC(NC(C)CCc1ccco1)c1ccco1. The van der Waals surface area contributed by atoms with Crippen LogP contribution in [-0.2, 0) is 6.42 Å². The van der Waals surface area contributed by atoms with E-state index in [0.29, 0.717) is 12.1 Å². The van der Waals surface area contributed by atoms with Crippen LogP contribution in [0.15, 0.2) is 45.6 Å². The topological polar surface area (TPSA) is 38.3 Å². The summed E-state index contributed by atoms with van der Waals surface area (Å²) in [4.78, 5) is 0. The minimum absolute atomic E-state index is 0.298. The highest BCUT2D eigenvalue weighted by Gasteiger charge is 2.14. The van der Waals surface area contributed by atoms with Crippen molar-refractivity contribution < 1.29 is 8.83 Å². The summed E-state index contributed by atoms with van der Waals surface area (Å²) in [5, 5.41) is 3.60. The Bertz CT molecular complexity index is 419. The third kappa shape index (κ3) is 3.50. The second-order valence-electron chi connectivity index (χ2n) is 4.66. The van der Waals surface area contributed by atoms with Crippen LogP contribution in [0.4, 0.5) is 0 Å². The van der Waals surface area contributed by atoms with Crippen molar-refractivity contribution in [2.75, 3.05) is 0 Å². The Hall–Kier alpha value is -1.48. The predicted molar refractivity (Wildman–Crippen MR) is 71.4 cm³/mol. The fourth-order valence-electron chi connectivity index (χ4n) is 2.13. The molecule has 2 unspecified atom stereocenters. The normalized spacial score (nSPS) is 14.6. The molecule has 2 heterocycles. The quantitative estimate of drug-likeness (QED) is 0.805. The van der Waals surface area contributed by atoms with Gasteiger partial charge in [-0.25, -0.2) is 0 Å². The Labute approximate surface area is 108 Å². The lowest BCUT2D eigenvalue weighted by molar-refractivity contribution is 0.359. The Balaban J connectivity index is 1.80. The van der Waals surface area contributed by atoms with Gasteiger partial charge in [0.05, 0.1) is 18.6 Å². The molecule has 0 amide bonds. The van der Waals surface area contributed by atoms with Crippen LogP contribution in [-0.4, -0.2) is 6.04 Å². The summed E-state index contributed by atoms with van der Waals surface area (Å²) >= 11 is 0. The monoisotopic (exact) mass is 247 g/mol. The highest BCUT2D eigenvalue weighted by Crippen LogP contribution is 2.18. The molecule has 3 heteroatoms. The average molecular weight is 247 g/mol. The summed E-state index contributed by atoms with van der Waals surface area (Å²) in [7, 11) is 0. The zero-order valence-corrected chi connectivity index (χ0v) is 11.1. The van der Waals surface area contributed by atoms with Crippen molar-refractivity contribution >= 4 is 0 Å². The van der Waals surface area contributed by atoms with Crippen LogP contribution in [0, 0.1) is 0 Å². The number of aryl methyl sites for hydroxylation is 1. The van der Waals surface area contributed by atoms with E-state index in [1.54, 1.807) is 12.5 Å². The van der Waals surface area contributed by atoms with Crippen LogP contribution in [0.25, 0.3) is 0 Å². The first kappa shape index (κ1) is 13.0. The molecule has 98 valence electrons. The lowest BCUT2D eigenvalue weighted by Gasteiger charge is -2.20. The minimum atomic E-state index is 0.298. The van der Waals surface area contributed by atoms with Crippen LogP contribution in [0.5, 0.6) is 0 Å². The Morgan fingerprint density at radius 3 is 2.56 bits per heavy atom. The molecule has 0 radical (unpaired) electrons. The molecule has 0 saturated heterocycles. The zero-order valence-electron chi connectivity index (χ0n) is 11.1. The maximum atomic E-state index is 5.46. The van der Waals surface area contributed by atoms with Crippen molar-refractivity contribution in [3.8, 4) is 0 Å². The minimum Gasteiger partial charge on any atom is -0.469 e. The van der Waals surface area contributed by atoms with Crippen molar-refractivity contribution in [3.05, 3.63) is 48.3 Å². The molecule has 0 bridgehead atoms. The molecule has 0 saturated carbocycles. The summed E-state index contributed by atoms with van der Waals surface area (Å²) in [6.07, 6.45) is 6.51. The smallest absolute Gasteiger partial charge is 0.120 e. The molecule has 2 aromatic heterocycles. The van der Waals surface area contributed by atoms with E-state index >= 15 is 0 Å². The molecule has 0 aromatic carbocycles. The molecule has 2 aromatic rings. The second kappa shape index (κ2) is 6.45. The van der Waals surface area contributed by atoms with Crippen LogP contribution in [0.1, 0.15) is 44.3 Å². The van der Waals surface area contributed by atoms with E-state index in [9.17, 15) is 0 Å². The molecule has 3 nitrogen and oxygen atoms in total. The highest BCUT2D eigenvalue weighted by molar-refractivity contribution is 5.04. The van der Waals surface area contributed by atoms with Gasteiger partial charge in [0.2, 0.25) is 0 Å². The van der Waals surface area contributed by atoms with Crippen LogP contribution >= 0.6 is 0 Å². The Kier molecular flexibility index (Phi) is 4.65. The Morgan fingerprint density at radius 2 is 1.94 bits per heavy atom. The van der Waals surface area contributed by atoms with E-state index in [2.05, 4.69) is 19.2 Å². The molecule has 2 rings (SSSR count). The van der Waals surface area contributed by atoms with Crippen molar-refractivity contribution in [3.63, 3.8) is 0 Å². The largest absolute Gasteiger partial charge is 0.469 e. The van der Waals surface area contributed by atoms with Crippen LogP contribution in [0.3, 0.4) is 0 Å². The predicted octanol–water partition coefficient (Wildman–Crippen LogP) is 3.93. The summed E-state index contributed by atoms with van der Waals surface area (Å²) < 4.78 is 10.8. The van der Waals surface area contributed by atoms with Crippen molar-refractivity contribution in [1.29, 1.82) is 0 Å². The number of rotatable bonds is 7. The summed E-state index contributed by atoms with van der Waals surface area (Å²) in [6, 6.07) is 8.66. The molecular formula is C15H21NO2. The first-order chi connectivity index (χ1) is 8.79. The molecule has 0 spiro atoms. The average Bonchev–Trinajstić information content (AvgIpc) is 3.05. The van der Waals surface area contributed by atoms with Crippen LogP contribution in [0.2, 0.25) is 0 Å². The van der Waals surface area contributed by atoms with Gasteiger partial charge in [-0.05, 0) is 44.0 Å². The zero-order chi connectivity index (χ0) is 12.8. The molecule has 0 aliphatic carbocycles. The lowest BCUT2D eigenvalue weighted by Crippen LogP contribution is -2.30. The first-order valence-corrected chi connectivity index (χ1v) is 6.61. The molecule has 18 heavy (non-hydrogen) atoms. The van der Waals surface area contributed by atoms with Gasteiger partial charge in [0.15, 0.2) is 0 Å². The maximum absolute atomic E-state index is 5.46. The van der Waals surface area contributed by atoms with E-state index in [1.807, 2.05) is 24.3 Å². The molecule has 0 fully saturated rings. The third-order valence-corrected chi connectivity index (χ3v) is 3.18. The Morgan fingerprint density at radius 1 is 1.17 bits per heavy atom. The number of hydrogen-bond acceptors (Lipinski definition) is 3. The van der Waals surface area contributed by atoms with Crippen molar-refractivity contribution in [2.45, 2.75) is 45.2 Å². The standard InChI is InChI=1S/C15H21NO2/c1-3-14(15-7-5-11-18-15)16-12(2)8-9-13-6-4-10-17-13/h4-7,10-12,14,16H,3,8-9H2,1-2H3. The highest BCUT2D eigenvalue weighted by atomic mass is 16.3. The second-order valence-corrected chi connectivity index (χ2v) is 4.66. The molecular weight excluding hydrogens is 226 g/mol. The molecule has 0 aliphatic heterocycles. The van der Waals surface area contributed by atoms with Gasteiger partial charge >= 0.3 is 0 Å². The van der Waals surface area contributed by atoms with Crippen molar-refractivity contribution in [1.82, 2.24) is 5.32 Å². The fourth-order valence-corrected chi connectivity index (χ4v) is 2.13.